The average molecular weight is 413 g/mol. The Morgan fingerprint density at radius 3 is 1.46 bits per heavy atom. The number of carbonyl (C=O) groups is 2. The molecular weight excluding hydrogens is 399 g/mol. The smallest absolute Gasteiger partial charge is 0.305 e. The Bertz CT molecular complexity index is 755. The van der Waals surface area contributed by atoms with Crippen molar-refractivity contribution in [2.45, 2.75) is 0 Å². The van der Waals surface area contributed by atoms with Crippen LogP contribution in [0.4, 0.5) is 21.0 Å². The Hall–Kier alpha value is -2.75. The number of thiocarbonyl (C=S) groups is 1. The predicted molar refractivity (Wildman–Crippen MR) is 106 cm³/mol. The van der Waals surface area contributed by atoms with Gasteiger partial charge in [0.05, 0.1) is 21.4 Å². The van der Waals surface area contributed by atoms with Crippen molar-refractivity contribution in [3.63, 3.8) is 0 Å². The lowest BCUT2D eigenvalue weighted by molar-refractivity contribution is 0.249. The SMILES string of the molecule is O=C(NNC(=S)NNC(=O)Nc1ccccc1Cl)Nc1ccccc1Cl. The van der Waals surface area contributed by atoms with Crippen LogP contribution in [0.5, 0.6) is 0 Å². The van der Waals surface area contributed by atoms with Crippen molar-refractivity contribution in [2.24, 2.45) is 0 Å². The molecule has 0 saturated carbocycles. The van der Waals surface area contributed by atoms with Crippen LogP contribution in [0.3, 0.4) is 0 Å². The molecule has 4 amide bonds. The quantitative estimate of drug-likeness (QED) is 0.335. The van der Waals surface area contributed by atoms with E-state index in [1.165, 1.54) is 0 Å². The molecule has 2 rings (SSSR count). The molecule has 0 spiro atoms. The zero-order chi connectivity index (χ0) is 18.9. The van der Waals surface area contributed by atoms with Crippen molar-refractivity contribution in [2.75, 3.05) is 10.6 Å². The van der Waals surface area contributed by atoms with Crippen LogP contribution in [0.15, 0.2) is 48.5 Å². The van der Waals surface area contributed by atoms with Gasteiger partial charge in [-0.05, 0) is 36.5 Å². The van der Waals surface area contributed by atoms with E-state index in [9.17, 15) is 9.59 Å². The van der Waals surface area contributed by atoms with Gasteiger partial charge in [0.25, 0.3) is 0 Å². The Balaban J connectivity index is 1.70. The number of nitrogens with one attached hydrogen (secondary N) is 6. The number of halogens is 2. The zero-order valence-corrected chi connectivity index (χ0v) is 15.4. The molecule has 0 saturated heterocycles. The minimum Gasteiger partial charge on any atom is -0.305 e. The predicted octanol–water partition coefficient (Wildman–Crippen LogP) is 3.23. The van der Waals surface area contributed by atoms with Crippen LogP contribution in [0.1, 0.15) is 0 Å². The first kappa shape index (κ1) is 19.6. The number of hydrogen-bond donors (Lipinski definition) is 6. The summed E-state index contributed by atoms with van der Waals surface area (Å²) >= 11 is 16.8. The highest BCUT2D eigenvalue weighted by atomic mass is 35.5. The molecule has 0 radical (unpaired) electrons. The molecular formula is C15H14Cl2N6O2S. The standard InChI is InChI=1S/C15H14Cl2N6O2S/c16-9-5-1-3-7-11(9)18-13(24)20-22-15(26)23-21-14(25)19-12-8-4-2-6-10(12)17/h1-8H,(H2,18,20,24)(H2,19,21,25)(H2,22,23,26). The first-order valence-electron chi connectivity index (χ1n) is 7.15. The maximum Gasteiger partial charge on any atom is 0.337 e. The highest BCUT2D eigenvalue weighted by Crippen LogP contribution is 2.20. The van der Waals surface area contributed by atoms with Gasteiger partial charge in [-0.2, -0.15) is 0 Å². The molecule has 11 heteroatoms. The van der Waals surface area contributed by atoms with Gasteiger partial charge in [-0.1, -0.05) is 47.5 Å². The number of benzene rings is 2. The molecule has 0 atom stereocenters. The summed E-state index contributed by atoms with van der Waals surface area (Å²) in [4.78, 5) is 23.5. The third kappa shape index (κ3) is 6.28. The molecule has 0 heterocycles. The summed E-state index contributed by atoms with van der Waals surface area (Å²) in [7, 11) is 0. The summed E-state index contributed by atoms with van der Waals surface area (Å²) < 4.78 is 0. The van der Waals surface area contributed by atoms with E-state index in [-0.39, 0.29) is 5.11 Å². The summed E-state index contributed by atoms with van der Waals surface area (Å²) in [5.74, 6) is 0. The minimum absolute atomic E-state index is 0.0476. The van der Waals surface area contributed by atoms with Crippen LogP contribution in [-0.2, 0) is 0 Å². The fourth-order valence-corrected chi connectivity index (χ4v) is 2.16. The fourth-order valence-electron chi connectivity index (χ4n) is 1.69. The zero-order valence-electron chi connectivity index (χ0n) is 13.1. The number of carbonyl (C=O) groups excluding carboxylic acids is 2. The molecule has 6 N–H and O–H groups in total. The van der Waals surface area contributed by atoms with Gasteiger partial charge in [0.15, 0.2) is 0 Å². The normalized spacial score (nSPS) is 9.62. The number of anilines is 2. The molecule has 0 aliphatic carbocycles. The second kappa shape index (κ2) is 9.66. The number of amides is 4. The third-order valence-electron chi connectivity index (χ3n) is 2.82. The Kier molecular flexibility index (Phi) is 7.27. The van der Waals surface area contributed by atoms with Gasteiger partial charge in [0.1, 0.15) is 0 Å². The molecule has 0 aliphatic heterocycles. The summed E-state index contributed by atoms with van der Waals surface area (Å²) in [6.07, 6.45) is 0. The second-order valence-corrected chi connectivity index (χ2v) is 5.92. The maximum absolute atomic E-state index is 11.7. The fraction of sp³-hybridized carbons (Fsp3) is 0. The molecule has 26 heavy (non-hydrogen) atoms. The van der Waals surface area contributed by atoms with E-state index in [1.54, 1.807) is 48.5 Å². The van der Waals surface area contributed by atoms with Crippen LogP contribution >= 0.6 is 35.4 Å². The van der Waals surface area contributed by atoms with E-state index < -0.39 is 12.1 Å². The molecule has 2 aromatic carbocycles. The third-order valence-corrected chi connectivity index (χ3v) is 3.69. The molecule has 0 aromatic heterocycles. The van der Waals surface area contributed by atoms with Crippen LogP contribution in [0.25, 0.3) is 0 Å². The Morgan fingerprint density at radius 2 is 1.08 bits per heavy atom. The van der Waals surface area contributed by atoms with Gasteiger partial charge in [-0.15, -0.1) is 0 Å². The van der Waals surface area contributed by atoms with Crippen molar-refractivity contribution in [3.05, 3.63) is 58.6 Å². The summed E-state index contributed by atoms with van der Waals surface area (Å²) in [5, 5.41) is 5.78. The number of para-hydroxylation sites is 2. The molecule has 0 bridgehead atoms. The maximum atomic E-state index is 11.7. The lowest BCUT2D eigenvalue weighted by atomic mass is 10.3. The highest BCUT2D eigenvalue weighted by molar-refractivity contribution is 7.80. The van der Waals surface area contributed by atoms with Crippen LogP contribution in [0, 0.1) is 0 Å². The van der Waals surface area contributed by atoms with Gasteiger partial charge in [-0.25, -0.2) is 20.4 Å². The monoisotopic (exact) mass is 412 g/mol. The molecule has 0 unspecified atom stereocenters. The van der Waals surface area contributed by atoms with Gasteiger partial charge in [-0.3, -0.25) is 10.9 Å². The largest absolute Gasteiger partial charge is 0.337 e. The van der Waals surface area contributed by atoms with E-state index >= 15 is 0 Å². The first-order chi connectivity index (χ1) is 12.5. The van der Waals surface area contributed by atoms with E-state index in [1.807, 2.05) is 0 Å². The lowest BCUT2D eigenvalue weighted by Crippen LogP contribution is -2.53. The van der Waals surface area contributed by atoms with E-state index in [4.69, 9.17) is 35.4 Å². The Morgan fingerprint density at radius 1 is 0.692 bits per heavy atom. The lowest BCUT2D eigenvalue weighted by Gasteiger charge is -2.14. The Labute approximate surface area is 164 Å². The van der Waals surface area contributed by atoms with Crippen LogP contribution < -0.4 is 32.3 Å². The molecule has 8 nitrogen and oxygen atoms in total. The molecule has 0 aliphatic rings. The van der Waals surface area contributed by atoms with Crippen molar-refractivity contribution in [1.29, 1.82) is 0 Å². The molecule has 136 valence electrons. The van der Waals surface area contributed by atoms with Gasteiger partial charge in [0, 0.05) is 0 Å². The minimum atomic E-state index is -0.595. The second-order valence-electron chi connectivity index (χ2n) is 4.70. The summed E-state index contributed by atoms with van der Waals surface area (Å²) in [6.45, 7) is 0. The van der Waals surface area contributed by atoms with Crippen molar-refractivity contribution in [1.82, 2.24) is 21.7 Å². The molecule has 0 fully saturated rings. The van der Waals surface area contributed by atoms with Crippen molar-refractivity contribution < 1.29 is 9.59 Å². The number of hydrazine groups is 2. The molecule has 2 aromatic rings. The number of urea groups is 2. The van der Waals surface area contributed by atoms with Gasteiger partial charge >= 0.3 is 12.1 Å². The number of rotatable bonds is 2. The highest BCUT2D eigenvalue weighted by Gasteiger charge is 2.07. The first-order valence-corrected chi connectivity index (χ1v) is 8.31. The topological polar surface area (TPSA) is 106 Å². The van der Waals surface area contributed by atoms with Gasteiger partial charge < -0.3 is 10.6 Å². The number of hydrogen-bond acceptors (Lipinski definition) is 3. The summed E-state index contributed by atoms with van der Waals surface area (Å²) in [5.41, 5.74) is 10.2. The summed E-state index contributed by atoms with van der Waals surface area (Å²) in [6, 6.07) is 12.3. The van der Waals surface area contributed by atoms with E-state index in [0.717, 1.165) is 0 Å². The van der Waals surface area contributed by atoms with Crippen molar-refractivity contribution >= 4 is 64.0 Å². The van der Waals surface area contributed by atoms with Crippen LogP contribution in [0.2, 0.25) is 10.0 Å². The van der Waals surface area contributed by atoms with Gasteiger partial charge in [0.2, 0.25) is 5.11 Å². The van der Waals surface area contributed by atoms with E-state index in [0.29, 0.717) is 21.4 Å². The van der Waals surface area contributed by atoms with E-state index in [2.05, 4.69) is 32.3 Å². The van der Waals surface area contributed by atoms with Crippen LogP contribution in [-0.4, -0.2) is 17.2 Å². The van der Waals surface area contributed by atoms with Crippen molar-refractivity contribution in [3.8, 4) is 0 Å². The average Bonchev–Trinajstić information content (AvgIpc) is 2.62.